The molecular weight excluding hydrogens is 294 g/mol. The van der Waals surface area contributed by atoms with Crippen molar-refractivity contribution in [1.82, 2.24) is 9.97 Å². The van der Waals surface area contributed by atoms with Gasteiger partial charge in [-0.25, -0.2) is 9.97 Å². The Bertz CT molecular complexity index is 553. The Kier molecular flexibility index (Phi) is 6.62. The Morgan fingerprint density at radius 1 is 1.33 bits per heavy atom. The quantitative estimate of drug-likeness (QED) is 0.335. The maximum absolute atomic E-state index is 12.0. The Balaban J connectivity index is 3.33. The first kappa shape index (κ1) is 16.9. The Morgan fingerprint density at radius 3 is 2.33 bits per heavy atom. The summed E-state index contributed by atoms with van der Waals surface area (Å²) in [6.45, 7) is 3.46. The first-order valence-corrected chi connectivity index (χ1v) is 7.45. The molecule has 112 valence electrons. The van der Waals surface area contributed by atoms with Gasteiger partial charge in [-0.1, -0.05) is 11.8 Å². The van der Waals surface area contributed by atoms with Crippen molar-refractivity contribution in [2.75, 3.05) is 19.5 Å². The van der Waals surface area contributed by atoms with Gasteiger partial charge in [-0.3, -0.25) is 9.59 Å². The second-order valence-electron chi connectivity index (χ2n) is 3.70. The van der Waals surface area contributed by atoms with Gasteiger partial charge < -0.3 is 9.47 Å². The number of esters is 2. The highest BCUT2D eigenvalue weighted by atomic mass is 32.2. The van der Waals surface area contributed by atoms with Gasteiger partial charge in [0.25, 0.3) is 0 Å². The van der Waals surface area contributed by atoms with Crippen LogP contribution in [0.2, 0.25) is 0 Å². The van der Waals surface area contributed by atoms with Gasteiger partial charge in [-0.05, 0) is 20.1 Å². The molecule has 0 fully saturated rings. The van der Waals surface area contributed by atoms with Crippen LogP contribution in [0.15, 0.2) is 11.4 Å². The molecule has 7 nitrogen and oxygen atoms in total. The molecule has 0 amide bonds. The van der Waals surface area contributed by atoms with E-state index in [1.165, 1.54) is 18.0 Å². The second-order valence-corrected chi connectivity index (χ2v) is 4.48. The summed E-state index contributed by atoms with van der Waals surface area (Å²) in [5.41, 5.74) is 0.0488. The highest BCUT2D eigenvalue weighted by molar-refractivity contribution is 7.98. The number of nitrogens with zero attached hydrogens (tertiary/aromatic N) is 3. The molecule has 21 heavy (non-hydrogen) atoms. The third-order valence-electron chi connectivity index (χ3n) is 2.42. The fourth-order valence-electron chi connectivity index (χ4n) is 1.55. The predicted octanol–water partition coefficient (Wildman–Crippen LogP) is 1.28. The molecule has 1 aromatic heterocycles. The number of rotatable bonds is 6. The van der Waals surface area contributed by atoms with Gasteiger partial charge in [-0.2, -0.15) is 5.26 Å². The topological polar surface area (TPSA) is 102 Å². The van der Waals surface area contributed by atoms with Gasteiger partial charge in [0.15, 0.2) is 11.1 Å². The largest absolute Gasteiger partial charge is 0.465 e. The standard InChI is InChI=1S/C13H15N3O4S/c1-4-19-11(17)9(12(18)20-5-2)10-8(6-14)7-15-13(16-10)21-3/h7,9H,4-5H2,1-3H3. The predicted molar refractivity (Wildman–Crippen MR) is 74.5 cm³/mol. The van der Waals surface area contributed by atoms with Crippen molar-refractivity contribution in [1.29, 1.82) is 5.26 Å². The van der Waals surface area contributed by atoms with Gasteiger partial charge in [0, 0.05) is 6.20 Å². The first-order valence-electron chi connectivity index (χ1n) is 6.23. The van der Waals surface area contributed by atoms with Crippen LogP contribution in [-0.2, 0) is 19.1 Å². The smallest absolute Gasteiger partial charge is 0.326 e. The number of ether oxygens (including phenoxy) is 2. The summed E-state index contributed by atoms with van der Waals surface area (Å²) >= 11 is 1.23. The summed E-state index contributed by atoms with van der Waals surface area (Å²) in [5.74, 6) is -2.97. The Morgan fingerprint density at radius 2 is 1.90 bits per heavy atom. The van der Waals surface area contributed by atoms with E-state index in [-0.39, 0.29) is 24.5 Å². The van der Waals surface area contributed by atoms with Crippen LogP contribution in [0.5, 0.6) is 0 Å². The van der Waals surface area contributed by atoms with E-state index < -0.39 is 17.9 Å². The van der Waals surface area contributed by atoms with E-state index in [0.717, 1.165) is 0 Å². The lowest BCUT2D eigenvalue weighted by Gasteiger charge is -2.15. The van der Waals surface area contributed by atoms with Crippen molar-refractivity contribution < 1.29 is 19.1 Å². The zero-order valence-corrected chi connectivity index (χ0v) is 12.8. The van der Waals surface area contributed by atoms with Crippen LogP contribution in [0, 0.1) is 11.3 Å². The zero-order valence-electron chi connectivity index (χ0n) is 12.0. The normalized spacial score (nSPS) is 10.0. The highest BCUT2D eigenvalue weighted by Crippen LogP contribution is 2.23. The third-order valence-corrected chi connectivity index (χ3v) is 2.98. The van der Waals surface area contributed by atoms with Crippen LogP contribution in [0.1, 0.15) is 31.0 Å². The van der Waals surface area contributed by atoms with Gasteiger partial charge in [-0.15, -0.1) is 0 Å². The lowest BCUT2D eigenvalue weighted by atomic mass is 10.0. The van der Waals surface area contributed by atoms with Gasteiger partial charge in [0.05, 0.1) is 24.5 Å². The molecular formula is C13H15N3O4S. The van der Waals surface area contributed by atoms with Crippen molar-refractivity contribution in [3.05, 3.63) is 17.5 Å². The summed E-state index contributed by atoms with van der Waals surface area (Å²) in [4.78, 5) is 32.1. The highest BCUT2D eigenvalue weighted by Gasteiger charge is 2.35. The monoisotopic (exact) mass is 309 g/mol. The summed E-state index contributed by atoms with van der Waals surface area (Å²) in [5, 5.41) is 9.46. The lowest BCUT2D eigenvalue weighted by molar-refractivity contribution is -0.157. The third kappa shape index (κ3) is 4.16. The molecule has 8 heteroatoms. The molecule has 0 aliphatic rings. The minimum Gasteiger partial charge on any atom is -0.465 e. The molecule has 0 bridgehead atoms. The van der Waals surface area contributed by atoms with Crippen molar-refractivity contribution in [2.24, 2.45) is 0 Å². The van der Waals surface area contributed by atoms with Crippen LogP contribution < -0.4 is 0 Å². The van der Waals surface area contributed by atoms with Gasteiger partial charge >= 0.3 is 11.9 Å². The maximum atomic E-state index is 12.0. The molecule has 0 spiro atoms. The molecule has 0 unspecified atom stereocenters. The van der Waals surface area contributed by atoms with Crippen LogP contribution in [0.3, 0.4) is 0 Å². The molecule has 0 aliphatic carbocycles. The van der Waals surface area contributed by atoms with Crippen LogP contribution in [0.4, 0.5) is 0 Å². The molecule has 0 saturated carbocycles. The molecule has 0 aliphatic heterocycles. The average molecular weight is 309 g/mol. The number of hydrogen-bond acceptors (Lipinski definition) is 8. The van der Waals surface area contributed by atoms with Crippen molar-refractivity contribution in [3.63, 3.8) is 0 Å². The van der Waals surface area contributed by atoms with Crippen LogP contribution in [-0.4, -0.2) is 41.4 Å². The molecule has 1 rings (SSSR count). The van der Waals surface area contributed by atoms with E-state index in [4.69, 9.17) is 14.7 Å². The summed E-state index contributed by atoms with van der Waals surface area (Å²) in [7, 11) is 0. The number of hydrogen-bond donors (Lipinski definition) is 0. The molecule has 0 saturated heterocycles. The van der Waals surface area contributed by atoms with Crippen LogP contribution in [0.25, 0.3) is 0 Å². The molecule has 0 aromatic carbocycles. The fourth-order valence-corrected chi connectivity index (χ4v) is 1.90. The summed E-state index contributed by atoms with van der Waals surface area (Å²) in [6, 6.07) is 1.87. The summed E-state index contributed by atoms with van der Waals surface area (Å²) in [6.07, 6.45) is 3.02. The number of carbonyl (C=O) groups is 2. The number of carbonyl (C=O) groups excluding carboxylic acids is 2. The van der Waals surface area contributed by atoms with E-state index in [1.807, 2.05) is 6.07 Å². The van der Waals surface area contributed by atoms with E-state index >= 15 is 0 Å². The molecule has 1 heterocycles. The average Bonchev–Trinajstić information content (AvgIpc) is 2.48. The first-order chi connectivity index (χ1) is 10.1. The maximum Gasteiger partial charge on any atom is 0.326 e. The van der Waals surface area contributed by atoms with Crippen molar-refractivity contribution in [2.45, 2.75) is 24.9 Å². The minimum atomic E-state index is -1.38. The molecule has 1 aromatic rings. The SMILES string of the molecule is CCOC(=O)C(C(=O)OCC)c1nc(SC)ncc1C#N. The van der Waals surface area contributed by atoms with Crippen LogP contribution >= 0.6 is 11.8 Å². The van der Waals surface area contributed by atoms with Gasteiger partial charge in [0.1, 0.15) is 6.07 Å². The Hall–Kier alpha value is -2.14. The van der Waals surface area contributed by atoms with E-state index in [2.05, 4.69) is 9.97 Å². The van der Waals surface area contributed by atoms with E-state index in [9.17, 15) is 9.59 Å². The molecule has 0 N–H and O–H groups in total. The van der Waals surface area contributed by atoms with E-state index in [1.54, 1.807) is 20.1 Å². The number of nitriles is 1. The minimum absolute atomic E-state index is 0.00810. The second kappa shape index (κ2) is 8.21. The summed E-state index contributed by atoms with van der Waals surface area (Å²) < 4.78 is 9.77. The van der Waals surface area contributed by atoms with Crippen molar-refractivity contribution in [3.8, 4) is 6.07 Å². The molecule has 0 atom stereocenters. The fraction of sp³-hybridized carbons (Fsp3) is 0.462. The Labute approximate surface area is 126 Å². The zero-order chi connectivity index (χ0) is 15.8. The lowest BCUT2D eigenvalue weighted by Crippen LogP contribution is -2.28. The number of thioether (sulfide) groups is 1. The van der Waals surface area contributed by atoms with E-state index in [0.29, 0.717) is 5.16 Å². The van der Waals surface area contributed by atoms with Gasteiger partial charge in [0.2, 0.25) is 0 Å². The molecule has 0 radical (unpaired) electrons. The number of aromatic nitrogens is 2. The van der Waals surface area contributed by atoms with Crippen molar-refractivity contribution >= 4 is 23.7 Å².